The van der Waals surface area contributed by atoms with Crippen molar-refractivity contribution >= 4 is 17.3 Å². The fourth-order valence-corrected chi connectivity index (χ4v) is 4.13. The van der Waals surface area contributed by atoms with E-state index in [2.05, 4.69) is 15.2 Å². The van der Waals surface area contributed by atoms with E-state index in [1.54, 1.807) is 12.3 Å². The summed E-state index contributed by atoms with van der Waals surface area (Å²) in [6, 6.07) is 8.17. The molecule has 1 saturated carbocycles. The van der Waals surface area contributed by atoms with Gasteiger partial charge >= 0.3 is 0 Å². The lowest BCUT2D eigenvalue weighted by Crippen LogP contribution is -2.27. The molecule has 2 aliphatic rings. The first kappa shape index (κ1) is 20.1. The summed E-state index contributed by atoms with van der Waals surface area (Å²) in [5, 5.41) is 14.1. The van der Waals surface area contributed by atoms with E-state index in [0.717, 1.165) is 50.0 Å². The number of aromatic nitrogens is 1. The van der Waals surface area contributed by atoms with Crippen LogP contribution in [0.15, 0.2) is 36.5 Å². The third kappa shape index (κ3) is 4.69. The third-order valence-electron chi connectivity index (χ3n) is 5.72. The topological polar surface area (TPSA) is 97.6 Å². The molecule has 0 radical (unpaired) electrons. The second-order valence-corrected chi connectivity index (χ2v) is 7.86. The molecule has 0 bridgehead atoms. The Morgan fingerprint density at radius 1 is 1.17 bits per heavy atom. The molecule has 2 heterocycles. The van der Waals surface area contributed by atoms with Gasteiger partial charge in [0.1, 0.15) is 6.10 Å². The molecule has 0 unspecified atom stereocenters. The highest BCUT2D eigenvalue weighted by Crippen LogP contribution is 2.28. The predicted molar refractivity (Wildman–Crippen MR) is 113 cm³/mol. The van der Waals surface area contributed by atoms with Crippen LogP contribution in [-0.2, 0) is 6.54 Å². The molecule has 2 aromatic rings. The van der Waals surface area contributed by atoms with Crippen LogP contribution in [0.3, 0.4) is 0 Å². The predicted octanol–water partition coefficient (Wildman–Crippen LogP) is 3.84. The van der Waals surface area contributed by atoms with E-state index in [9.17, 15) is 14.9 Å². The molecule has 1 aromatic heterocycles. The minimum atomic E-state index is -0.472. The number of nitro groups is 1. The van der Waals surface area contributed by atoms with Crippen LogP contribution in [0.5, 0.6) is 5.88 Å². The van der Waals surface area contributed by atoms with Gasteiger partial charge in [-0.2, -0.15) is 0 Å². The number of carbonyl (C=O) groups excluding carboxylic acids is 1. The summed E-state index contributed by atoms with van der Waals surface area (Å²) in [6.45, 7) is 2.00. The monoisotopic (exact) mass is 410 g/mol. The van der Waals surface area contributed by atoms with Crippen molar-refractivity contribution in [2.45, 2.75) is 51.2 Å². The summed E-state index contributed by atoms with van der Waals surface area (Å²) in [5.74, 6) is 0.248. The van der Waals surface area contributed by atoms with E-state index >= 15 is 0 Å². The number of ether oxygens (including phenoxy) is 1. The van der Waals surface area contributed by atoms with Gasteiger partial charge in [0.05, 0.1) is 16.2 Å². The molecule has 4 rings (SSSR count). The first-order valence-electron chi connectivity index (χ1n) is 10.5. The maximum absolute atomic E-state index is 12.9. The highest BCUT2D eigenvalue weighted by molar-refractivity contribution is 6.00. The smallest absolute Gasteiger partial charge is 0.270 e. The standard InChI is InChI=1S/C22H26N4O4/c27-22(19-14-17(26(28)29)7-8-20(19)25-11-3-4-12-25)24-15-16-9-10-23-21(13-16)30-18-5-1-2-6-18/h7-10,13-14,18H,1-6,11-12,15H2,(H,24,27). The van der Waals surface area contributed by atoms with Crippen LogP contribution in [0.2, 0.25) is 0 Å². The van der Waals surface area contributed by atoms with Crippen LogP contribution >= 0.6 is 0 Å². The lowest BCUT2D eigenvalue weighted by molar-refractivity contribution is -0.384. The molecular formula is C22H26N4O4. The van der Waals surface area contributed by atoms with Crippen LogP contribution in [0.25, 0.3) is 0 Å². The van der Waals surface area contributed by atoms with E-state index in [1.165, 1.54) is 25.0 Å². The lowest BCUT2D eigenvalue weighted by atomic mass is 10.1. The zero-order chi connectivity index (χ0) is 20.9. The van der Waals surface area contributed by atoms with Gasteiger partial charge in [0.25, 0.3) is 11.6 Å². The summed E-state index contributed by atoms with van der Waals surface area (Å²) >= 11 is 0. The first-order chi connectivity index (χ1) is 14.6. The maximum Gasteiger partial charge on any atom is 0.270 e. The maximum atomic E-state index is 12.9. The largest absolute Gasteiger partial charge is 0.474 e. The molecule has 8 heteroatoms. The zero-order valence-electron chi connectivity index (χ0n) is 16.9. The van der Waals surface area contributed by atoms with Crippen LogP contribution in [0.4, 0.5) is 11.4 Å². The number of amides is 1. The summed E-state index contributed by atoms with van der Waals surface area (Å²) in [7, 11) is 0. The van der Waals surface area contributed by atoms with Gasteiger partial charge in [-0.1, -0.05) is 0 Å². The number of nitrogens with zero attached hydrogens (tertiary/aromatic N) is 3. The van der Waals surface area contributed by atoms with E-state index in [0.29, 0.717) is 18.0 Å². The first-order valence-corrected chi connectivity index (χ1v) is 10.5. The molecule has 1 aromatic carbocycles. The number of non-ortho nitro benzene ring substituents is 1. The molecule has 2 fully saturated rings. The molecule has 1 amide bonds. The van der Waals surface area contributed by atoms with E-state index < -0.39 is 4.92 Å². The van der Waals surface area contributed by atoms with Gasteiger partial charge in [0, 0.05) is 44.0 Å². The van der Waals surface area contributed by atoms with Crippen molar-refractivity contribution < 1.29 is 14.5 Å². The molecule has 158 valence electrons. The molecular weight excluding hydrogens is 384 g/mol. The second kappa shape index (κ2) is 9.11. The SMILES string of the molecule is O=C(NCc1ccnc(OC2CCCC2)c1)c1cc([N+](=O)[O-])ccc1N1CCCC1. The summed E-state index contributed by atoms with van der Waals surface area (Å²) < 4.78 is 5.93. The van der Waals surface area contributed by atoms with Crippen molar-refractivity contribution in [1.82, 2.24) is 10.3 Å². The number of anilines is 1. The molecule has 1 N–H and O–H groups in total. The molecule has 1 aliphatic carbocycles. The fraction of sp³-hybridized carbons (Fsp3) is 0.455. The van der Waals surface area contributed by atoms with E-state index in [4.69, 9.17) is 4.74 Å². The highest BCUT2D eigenvalue weighted by Gasteiger charge is 2.22. The molecule has 30 heavy (non-hydrogen) atoms. The number of hydrogen-bond acceptors (Lipinski definition) is 6. The Balaban J connectivity index is 1.47. The minimum Gasteiger partial charge on any atom is -0.474 e. The normalized spacial score (nSPS) is 16.6. The lowest BCUT2D eigenvalue weighted by Gasteiger charge is -2.21. The van der Waals surface area contributed by atoms with E-state index in [-0.39, 0.29) is 17.7 Å². The number of hydrogen-bond donors (Lipinski definition) is 1. The van der Waals surface area contributed by atoms with E-state index in [1.807, 2.05) is 12.1 Å². The summed E-state index contributed by atoms with van der Waals surface area (Å²) in [5.41, 5.74) is 1.87. The Kier molecular flexibility index (Phi) is 6.11. The average molecular weight is 410 g/mol. The van der Waals surface area contributed by atoms with Crippen LogP contribution in [0.1, 0.15) is 54.4 Å². The number of nitrogens with one attached hydrogen (secondary N) is 1. The molecule has 1 aliphatic heterocycles. The Hall–Kier alpha value is -3.16. The number of pyridine rings is 1. The van der Waals surface area contributed by atoms with Crippen LogP contribution in [-0.4, -0.2) is 35.0 Å². The summed E-state index contributed by atoms with van der Waals surface area (Å²) in [6.07, 6.45) is 8.47. The van der Waals surface area contributed by atoms with Crippen LogP contribution in [0, 0.1) is 10.1 Å². The van der Waals surface area contributed by atoms with Gasteiger partial charge in [-0.25, -0.2) is 4.98 Å². The third-order valence-corrected chi connectivity index (χ3v) is 5.72. The number of nitro benzene ring substituents is 1. The Labute approximate surface area is 175 Å². The van der Waals surface area contributed by atoms with Gasteiger partial charge in [-0.15, -0.1) is 0 Å². The molecule has 1 saturated heterocycles. The van der Waals surface area contributed by atoms with Crippen molar-refractivity contribution in [1.29, 1.82) is 0 Å². The van der Waals surface area contributed by atoms with Crippen molar-refractivity contribution in [2.75, 3.05) is 18.0 Å². The highest BCUT2D eigenvalue weighted by atomic mass is 16.6. The van der Waals surface area contributed by atoms with Gasteiger partial charge in [-0.3, -0.25) is 14.9 Å². The number of rotatable bonds is 7. The zero-order valence-corrected chi connectivity index (χ0v) is 16.9. The van der Waals surface area contributed by atoms with Gasteiger partial charge < -0.3 is 15.0 Å². The van der Waals surface area contributed by atoms with Crippen molar-refractivity contribution in [3.63, 3.8) is 0 Å². The molecule has 8 nitrogen and oxygen atoms in total. The average Bonchev–Trinajstić information content (AvgIpc) is 3.46. The number of carbonyl (C=O) groups is 1. The second-order valence-electron chi connectivity index (χ2n) is 7.86. The fourth-order valence-electron chi connectivity index (χ4n) is 4.13. The van der Waals surface area contributed by atoms with Gasteiger partial charge in [-0.05, 0) is 56.2 Å². The van der Waals surface area contributed by atoms with Crippen molar-refractivity contribution in [3.8, 4) is 5.88 Å². The Bertz CT molecular complexity index is 921. The van der Waals surface area contributed by atoms with Crippen molar-refractivity contribution in [3.05, 3.63) is 57.8 Å². The minimum absolute atomic E-state index is 0.0840. The summed E-state index contributed by atoms with van der Waals surface area (Å²) in [4.78, 5) is 30.0. The Morgan fingerprint density at radius 3 is 2.67 bits per heavy atom. The van der Waals surface area contributed by atoms with Crippen molar-refractivity contribution in [2.24, 2.45) is 0 Å². The molecule has 0 spiro atoms. The Morgan fingerprint density at radius 2 is 1.93 bits per heavy atom. The van der Waals surface area contributed by atoms with Gasteiger partial charge in [0.15, 0.2) is 0 Å². The van der Waals surface area contributed by atoms with Crippen LogP contribution < -0.4 is 15.0 Å². The molecule has 0 atom stereocenters. The van der Waals surface area contributed by atoms with Gasteiger partial charge in [0.2, 0.25) is 5.88 Å². The quantitative estimate of drug-likeness (QED) is 0.550. The number of benzene rings is 1.